The molecule has 7 nitrogen and oxygen atoms in total. The molecule has 2 atom stereocenters. The number of halogens is 6. The summed E-state index contributed by atoms with van der Waals surface area (Å²) in [5, 5.41) is 11.9. The maximum absolute atomic E-state index is 13.5. The second kappa shape index (κ2) is 11.6. The third kappa shape index (κ3) is 5.84. The van der Waals surface area contributed by atoms with E-state index < -0.39 is 11.9 Å². The first-order chi connectivity index (χ1) is 18.3. The van der Waals surface area contributed by atoms with Crippen LogP contribution in [0.15, 0.2) is 30.3 Å². The van der Waals surface area contributed by atoms with Crippen molar-refractivity contribution in [3.63, 3.8) is 0 Å². The molecule has 0 saturated carbocycles. The number of nitrogens with one attached hydrogen (secondary N) is 4. The van der Waals surface area contributed by atoms with Gasteiger partial charge in [0.1, 0.15) is 5.82 Å². The van der Waals surface area contributed by atoms with Gasteiger partial charge < -0.3 is 25.8 Å². The van der Waals surface area contributed by atoms with E-state index in [-0.39, 0.29) is 29.5 Å². The highest BCUT2D eigenvalue weighted by atomic mass is 35.5. The minimum atomic E-state index is -4.61. The molecule has 212 valence electrons. The van der Waals surface area contributed by atoms with E-state index in [1.54, 1.807) is 6.07 Å². The second-order valence-corrected chi connectivity index (χ2v) is 11.1. The largest absolute Gasteiger partial charge is 0.434 e. The fourth-order valence-electron chi connectivity index (χ4n) is 5.84. The maximum Gasteiger partial charge on any atom is 0.434 e. The number of hydrogen-bond donors (Lipinski definition) is 4. The zero-order chi connectivity index (χ0) is 26.4. The number of pyridine rings is 1. The van der Waals surface area contributed by atoms with Gasteiger partial charge in [0.05, 0.1) is 17.1 Å². The molecule has 2 aromatic heterocycles. The van der Waals surface area contributed by atoms with E-state index in [0.29, 0.717) is 38.0 Å². The smallest absolute Gasteiger partial charge is 0.357 e. The molecule has 0 radical (unpaired) electrons. The lowest BCUT2D eigenvalue weighted by molar-refractivity contribution is -0.141. The SMILES string of the molecule is Cl.FC(F)(F)c1nc(N2CCNCC2CN2CCc3c([nH]c4ccc(Cl)cc34)C2CNC2CNC2)ccc1Cl. The molecular weight excluding hydrogens is 574 g/mol. The van der Waals surface area contributed by atoms with E-state index >= 15 is 0 Å². The molecule has 4 N–H and O–H groups in total. The van der Waals surface area contributed by atoms with Crippen molar-refractivity contribution in [2.75, 3.05) is 57.3 Å². The Bertz CT molecular complexity index is 1310. The van der Waals surface area contributed by atoms with Crippen molar-refractivity contribution in [2.45, 2.75) is 30.7 Å². The number of piperazine rings is 1. The summed E-state index contributed by atoms with van der Waals surface area (Å²) in [7, 11) is 0. The second-order valence-electron chi connectivity index (χ2n) is 10.3. The van der Waals surface area contributed by atoms with Gasteiger partial charge in [0.15, 0.2) is 5.69 Å². The number of H-pyrrole nitrogens is 1. The van der Waals surface area contributed by atoms with Crippen molar-refractivity contribution in [2.24, 2.45) is 0 Å². The predicted octanol–water partition coefficient (Wildman–Crippen LogP) is 4.25. The van der Waals surface area contributed by atoms with E-state index in [9.17, 15) is 13.2 Å². The predicted molar refractivity (Wildman–Crippen MR) is 151 cm³/mol. The molecule has 0 bridgehead atoms. The minimum absolute atomic E-state index is 0. The van der Waals surface area contributed by atoms with Crippen LogP contribution >= 0.6 is 35.6 Å². The van der Waals surface area contributed by atoms with Crippen LogP contribution in [-0.2, 0) is 12.6 Å². The van der Waals surface area contributed by atoms with E-state index in [4.69, 9.17) is 23.2 Å². The quantitative estimate of drug-likeness (QED) is 0.337. The Hall–Kier alpha value is -1.79. The Morgan fingerprint density at radius 2 is 1.87 bits per heavy atom. The van der Waals surface area contributed by atoms with Crippen LogP contribution < -0.4 is 20.9 Å². The van der Waals surface area contributed by atoms with Gasteiger partial charge in [-0.25, -0.2) is 4.98 Å². The summed E-state index contributed by atoms with van der Waals surface area (Å²) in [6, 6.07) is 9.33. The van der Waals surface area contributed by atoms with Crippen LogP contribution in [0.3, 0.4) is 0 Å². The topological polar surface area (TPSA) is 71.2 Å². The van der Waals surface area contributed by atoms with Crippen LogP contribution in [0.1, 0.15) is 23.0 Å². The average Bonchev–Trinajstić information content (AvgIpc) is 3.22. The number of rotatable bonds is 6. The standard InChI is InChI=1S/C26H30Cl2F3N7.ClH/c27-15-1-3-21-19(9-15)18-5-7-37(22(24(18)35-21)13-34-16-10-33-11-16)14-17-12-32-6-8-38(17)23-4-2-20(28)25(36-23)26(29,30)31;/h1-4,9,16-17,22,32-35H,5-8,10-14H2;1H. The lowest BCUT2D eigenvalue weighted by Gasteiger charge is -2.44. The minimum Gasteiger partial charge on any atom is -0.357 e. The Morgan fingerprint density at radius 3 is 2.62 bits per heavy atom. The molecule has 3 aliphatic heterocycles. The summed E-state index contributed by atoms with van der Waals surface area (Å²) in [5.74, 6) is 0.307. The zero-order valence-corrected chi connectivity index (χ0v) is 23.5. The van der Waals surface area contributed by atoms with Crippen LogP contribution in [0, 0.1) is 0 Å². The van der Waals surface area contributed by atoms with Crippen LogP contribution in [0.4, 0.5) is 19.0 Å². The molecule has 5 heterocycles. The number of anilines is 1. The van der Waals surface area contributed by atoms with Crippen molar-refractivity contribution in [3.05, 3.63) is 57.3 Å². The van der Waals surface area contributed by atoms with E-state index in [1.165, 1.54) is 17.3 Å². The fourth-order valence-corrected chi connectivity index (χ4v) is 6.22. The number of alkyl halides is 3. The van der Waals surface area contributed by atoms with Crippen LogP contribution in [0.5, 0.6) is 0 Å². The van der Waals surface area contributed by atoms with Gasteiger partial charge >= 0.3 is 6.18 Å². The Labute approximate surface area is 241 Å². The number of fused-ring (bicyclic) bond motifs is 3. The molecule has 0 spiro atoms. The molecule has 3 aliphatic rings. The molecule has 0 aliphatic carbocycles. The van der Waals surface area contributed by atoms with Crippen LogP contribution in [0.2, 0.25) is 10.0 Å². The highest BCUT2D eigenvalue weighted by Crippen LogP contribution is 2.37. The lowest BCUT2D eigenvalue weighted by Crippen LogP contribution is -2.59. The van der Waals surface area contributed by atoms with Crippen molar-refractivity contribution < 1.29 is 13.2 Å². The number of aromatic amines is 1. The summed E-state index contributed by atoms with van der Waals surface area (Å²) in [5.41, 5.74) is 2.52. The number of benzene rings is 1. The van der Waals surface area contributed by atoms with Crippen molar-refractivity contribution in [1.29, 1.82) is 0 Å². The normalized spacial score (nSPS) is 22.4. The molecule has 0 amide bonds. The van der Waals surface area contributed by atoms with Crippen molar-refractivity contribution >= 4 is 52.3 Å². The molecular formula is C26H31Cl3F3N7. The average molecular weight is 605 g/mol. The Balaban J connectivity index is 0.00000308. The van der Waals surface area contributed by atoms with Crippen molar-refractivity contribution in [3.8, 4) is 0 Å². The zero-order valence-electron chi connectivity index (χ0n) is 21.1. The van der Waals surface area contributed by atoms with E-state index in [1.807, 2.05) is 23.1 Å². The molecule has 1 aromatic carbocycles. The first kappa shape index (κ1) is 28.7. The highest BCUT2D eigenvalue weighted by molar-refractivity contribution is 6.31. The van der Waals surface area contributed by atoms with Gasteiger partial charge in [-0.15, -0.1) is 12.4 Å². The summed E-state index contributed by atoms with van der Waals surface area (Å²) < 4.78 is 40.6. The molecule has 2 unspecified atom stereocenters. The van der Waals surface area contributed by atoms with Gasteiger partial charge in [0, 0.05) is 80.0 Å². The van der Waals surface area contributed by atoms with Gasteiger partial charge in [0.25, 0.3) is 0 Å². The highest BCUT2D eigenvalue weighted by Gasteiger charge is 2.38. The molecule has 2 saturated heterocycles. The summed E-state index contributed by atoms with van der Waals surface area (Å²) >= 11 is 12.2. The van der Waals surface area contributed by atoms with Crippen molar-refractivity contribution in [1.82, 2.24) is 30.8 Å². The first-order valence-corrected chi connectivity index (χ1v) is 13.7. The summed E-state index contributed by atoms with van der Waals surface area (Å²) in [4.78, 5) is 12.1. The molecule has 6 rings (SSSR count). The molecule has 2 fully saturated rings. The third-order valence-corrected chi connectivity index (χ3v) is 8.44. The Kier molecular flexibility index (Phi) is 8.54. The van der Waals surface area contributed by atoms with Gasteiger partial charge in [-0.3, -0.25) is 4.90 Å². The number of nitrogens with zero attached hydrogens (tertiary/aromatic N) is 3. The summed E-state index contributed by atoms with van der Waals surface area (Å²) in [6.07, 6.45) is -3.74. The third-order valence-electron chi connectivity index (χ3n) is 7.90. The lowest BCUT2D eigenvalue weighted by atomic mass is 9.95. The first-order valence-electron chi connectivity index (χ1n) is 13.0. The maximum atomic E-state index is 13.5. The van der Waals surface area contributed by atoms with E-state index in [2.05, 4.69) is 30.8 Å². The molecule has 39 heavy (non-hydrogen) atoms. The van der Waals surface area contributed by atoms with Crippen LogP contribution in [0.25, 0.3) is 10.9 Å². The van der Waals surface area contributed by atoms with Crippen LogP contribution in [-0.4, -0.2) is 79.3 Å². The number of hydrogen-bond acceptors (Lipinski definition) is 6. The van der Waals surface area contributed by atoms with Gasteiger partial charge in [0.2, 0.25) is 0 Å². The van der Waals surface area contributed by atoms with Gasteiger partial charge in [-0.05, 0) is 42.3 Å². The Morgan fingerprint density at radius 1 is 1.05 bits per heavy atom. The van der Waals surface area contributed by atoms with Gasteiger partial charge in [-0.1, -0.05) is 23.2 Å². The monoisotopic (exact) mass is 603 g/mol. The fraction of sp³-hybridized carbons (Fsp3) is 0.500. The molecule has 3 aromatic rings. The molecule has 13 heteroatoms. The number of aromatic nitrogens is 2. The van der Waals surface area contributed by atoms with Gasteiger partial charge in [-0.2, -0.15) is 13.2 Å². The van der Waals surface area contributed by atoms with E-state index in [0.717, 1.165) is 48.5 Å². The summed E-state index contributed by atoms with van der Waals surface area (Å²) in [6.45, 7) is 6.10.